The molecule has 4 heteroatoms. The lowest BCUT2D eigenvalue weighted by Crippen LogP contribution is -2.53. The van der Waals surface area contributed by atoms with Crippen LogP contribution in [0.25, 0.3) is 0 Å². The molecule has 1 unspecified atom stereocenters. The van der Waals surface area contributed by atoms with E-state index in [4.69, 9.17) is 5.11 Å². The molecule has 4 aliphatic rings. The van der Waals surface area contributed by atoms with Crippen molar-refractivity contribution >= 4 is 11.9 Å². The highest BCUT2D eigenvalue weighted by atomic mass is 16.4. The fourth-order valence-electron chi connectivity index (χ4n) is 5.27. The van der Waals surface area contributed by atoms with Gasteiger partial charge in [0.25, 0.3) is 0 Å². The van der Waals surface area contributed by atoms with Gasteiger partial charge in [-0.15, -0.1) is 0 Å². The maximum absolute atomic E-state index is 12.7. The average Bonchev–Trinajstić information content (AvgIpc) is 2.35. The molecule has 4 rings (SSSR count). The van der Waals surface area contributed by atoms with Crippen molar-refractivity contribution in [2.75, 3.05) is 0 Å². The maximum atomic E-state index is 12.7. The van der Waals surface area contributed by atoms with Crippen molar-refractivity contribution in [3.8, 4) is 0 Å². The molecule has 4 bridgehead atoms. The van der Waals surface area contributed by atoms with Crippen LogP contribution in [0.3, 0.4) is 0 Å². The molecule has 4 aliphatic carbocycles. The van der Waals surface area contributed by atoms with Gasteiger partial charge in [-0.05, 0) is 61.7 Å². The molecule has 0 aromatic rings. The van der Waals surface area contributed by atoms with Crippen LogP contribution in [-0.4, -0.2) is 23.0 Å². The largest absolute Gasteiger partial charge is 0.481 e. The van der Waals surface area contributed by atoms with Crippen LogP contribution in [0, 0.1) is 35.5 Å². The van der Waals surface area contributed by atoms with Crippen LogP contribution < -0.4 is 5.32 Å². The lowest BCUT2D eigenvalue weighted by molar-refractivity contribution is -0.141. The first kappa shape index (κ1) is 14.9. The van der Waals surface area contributed by atoms with Gasteiger partial charge in [-0.2, -0.15) is 0 Å². The second-order valence-electron chi connectivity index (χ2n) is 7.91. The van der Waals surface area contributed by atoms with E-state index >= 15 is 0 Å². The van der Waals surface area contributed by atoms with E-state index in [0.29, 0.717) is 11.8 Å². The molecule has 4 nitrogen and oxygen atoms in total. The summed E-state index contributed by atoms with van der Waals surface area (Å²) in [6.45, 7) is 3.95. The van der Waals surface area contributed by atoms with Gasteiger partial charge in [-0.25, -0.2) is 0 Å². The lowest BCUT2D eigenvalue weighted by Gasteiger charge is -2.53. The van der Waals surface area contributed by atoms with Crippen LogP contribution in [-0.2, 0) is 9.59 Å². The van der Waals surface area contributed by atoms with Gasteiger partial charge in [-0.3, -0.25) is 9.59 Å². The molecule has 0 heterocycles. The van der Waals surface area contributed by atoms with E-state index < -0.39 is 5.97 Å². The number of carbonyl (C=O) groups excluding carboxylic acids is 1. The van der Waals surface area contributed by atoms with Gasteiger partial charge in [-0.1, -0.05) is 13.8 Å². The van der Waals surface area contributed by atoms with Crippen molar-refractivity contribution in [1.29, 1.82) is 0 Å². The summed E-state index contributed by atoms with van der Waals surface area (Å²) in [7, 11) is 0. The summed E-state index contributed by atoms with van der Waals surface area (Å²) in [4.78, 5) is 23.7. The number of carboxylic acid groups (broad SMARTS) is 1. The van der Waals surface area contributed by atoms with Crippen LogP contribution in [0.1, 0.15) is 52.4 Å². The molecule has 2 N–H and O–H groups in total. The number of amides is 1. The molecule has 21 heavy (non-hydrogen) atoms. The summed E-state index contributed by atoms with van der Waals surface area (Å²) < 4.78 is 0. The van der Waals surface area contributed by atoms with E-state index in [0.717, 1.165) is 11.8 Å². The third kappa shape index (κ3) is 2.95. The molecule has 0 aliphatic heterocycles. The smallest absolute Gasteiger partial charge is 0.305 e. The normalized spacial score (nSPS) is 38.5. The zero-order valence-electron chi connectivity index (χ0n) is 13.0. The van der Waals surface area contributed by atoms with Crippen molar-refractivity contribution in [3.05, 3.63) is 0 Å². The molecule has 0 radical (unpaired) electrons. The monoisotopic (exact) mass is 293 g/mol. The Morgan fingerprint density at radius 2 is 1.57 bits per heavy atom. The number of hydrogen-bond donors (Lipinski definition) is 2. The SMILES string of the molecule is CC(C)C(CC(=O)O)NC(=O)C1C2CC3CC(C2)CC1C3. The first-order chi connectivity index (χ1) is 9.94. The number of carbonyl (C=O) groups is 2. The van der Waals surface area contributed by atoms with Gasteiger partial charge in [0.1, 0.15) is 0 Å². The zero-order chi connectivity index (χ0) is 15.1. The predicted molar refractivity (Wildman–Crippen MR) is 79.6 cm³/mol. The molecular weight excluding hydrogens is 266 g/mol. The van der Waals surface area contributed by atoms with Crippen molar-refractivity contribution in [2.45, 2.75) is 58.4 Å². The molecule has 0 saturated heterocycles. The van der Waals surface area contributed by atoms with E-state index in [-0.39, 0.29) is 30.2 Å². The minimum absolute atomic E-state index is 0.0245. The standard InChI is InChI=1S/C17H27NO3/c1-9(2)14(8-15(19)20)18-17(21)16-12-4-10-3-11(6-12)7-13(16)5-10/h9-14,16H,3-8H2,1-2H3,(H,18,21)(H,19,20). The summed E-state index contributed by atoms with van der Waals surface area (Å²) in [5.41, 5.74) is 0. The third-order valence-electron chi connectivity index (χ3n) is 6.06. The van der Waals surface area contributed by atoms with E-state index in [1.165, 1.54) is 32.1 Å². The maximum Gasteiger partial charge on any atom is 0.305 e. The highest BCUT2D eigenvalue weighted by Gasteiger charge is 2.50. The highest BCUT2D eigenvalue weighted by molar-refractivity contribution is 5.80. The fourth-order valence-corrected chi connectivity index (χ4v) is 5.27. The quantitative estimate of drug-likeness (QED) is 0.819. The van der Waals surface area contributed by atoms with E-state index in [1.807, 2.05) is 13.8 Å². The summed E-state index contributed by atoms with van der Waals surface area (Å²) in [6.07, 6.45) is 6.28. The Morgan fingerprint density at radius 1 is 1.05 bits per heavy atom. The molecule has 0 aromatic heterocycles. The van der Waals surface area contributed by atoms with E-state index in [1.54, 1.807) is 0 Å². The van der Waals surface area contributed by atoms with Crippen LogP contribution in [0.15, 0.2) is 0 Å². The molecule has 4 fully saturated rings. The van der Waals surface area contributed by atoms with Gasteiger partial charge in [0.15, 0.2) is 0 Å². The lowest BCUT2D eigenvalue weighted by atomic mass is 9.51. The van der Waals surface area contributed by atoms with Crippen molar-refractivity contribution in [3.63, 3.8) is 0 Å². The minimum atomic E-state index is -0.834. The number of rotatable bonds is 5. The fraction of sp³-hybridized carbons (Fsp3) is 0.882. The zero-order valence-corrected chi connectivity index (χ0v) is 13.0. The van der Waals surface area contributed by atoms with Crippen LogP contribution in [0.5, 0.6) is 0 Å². The predicted octanol–water partition coefficient (Wildman–Crippen LogP) is 2.67. The number of aliphatic carboxylic acids is 1. The summed E-state index contributed by atoms with van der Waals surface area (Å²) in [6, 6.07) is -0.243. The van der Waals surface area contributed by atoms with Crippen LogP contribution in [0.2, 0.25) is 0 Å². The van der Waals surface area contributed by atoms with Crippen LogP contribution >= 0.6 is 0 Å². The van der Waals surface area contributed by atoms with Gasteiger partial charge >= 0.3 is 5.97 Å². The van der Waals surface area contributed by atoms with Gasteiger partial charge in [0.05, 0.1) is 6.42 Å². The molecule has 1 amide bonds. The third-order valence-corrected chi connectivity index (χ3v) is 6.06. The van der Waals surface area contributed by atoms with Gasteiger partial charge in [0.2, 0.25) is 5.91 Å². The van der Waals surface area contributed by atoms with Crippen LogP contribution in [0.4, 0.5) is 0 Å². The van der Waals surface area contributed by atoms with E-state index in [2.05, 4.69) is 5.32 Å². The Morgan fingerprint density at radius 3 is 2.00 bits per heavy atom. The average molecular weight is 293 g/mol. The first-order valence-corrected chi connectivity index (χ1v) is 8.46. The number of nitrogens with one attached hydrogen (secondary N) is 1. The number of hydrogen-bond acceptors (Lipinski definition) is 2. The molecule has 4 saturated carbocycles. The Balaban J connectivity index is 1.66. The second kappa shape index (κ2) is 5.62. The Kier molecular flexibility index (Phi) is 3.98. The summed E-state index contributed by atoms with van der Waals surface area (Å²) in [5.74, 6) is 2.42. The highest BCUT2D eigenvalue weighted by Crippen LogP contribution is 2.56. The van der Waals surface area contributed by atoms with Gasteiger partial charge in [0, 0.05) is 12.0 Å². The second-order valence-corrected chi connectivity index (χ2v) is 7.91. The molecule has 118 valence electrons. The first-order valence-electron chi connectivity index (χ1n) is 8.46. The minimum Gasteiger partial charge on any atom is -0.481 e. The topological polar surface area (TPSA) is 66.4 Å². The molecular formula is C17H27NO3. The molecule has 1 atom stereocenters. The van der Waals surface area contributed by atoms with Crippen molar-refractivity contribution in [2.24, 2.45) is 35.5 Å². The summed E-state index contributed by atoms with van der Waals surface area (Å²) in [5, 5.41) is 12.1. The Labute approximate surface area is 126 Å². The van der Waals surface area contributed by atoms with Crippen molar-refractivity contribution < 1.29 is 14.7 Å². The van der Waals surface area contributed by atoms with E-state index in [9.17, 15) is 9.59 Å². The Hall–Kier alpha value is -1.06. The van der Waals surface area contributed by atoms with Crippen molar-refractivity contribution in [1.82, 2.24) is 5.32 Å². The molecule has 0 spiro atoms. The van der Waals surface area contributed by atoms with Gasteiger partial charge < -0.3 is 10.4 Å². The summed E-state index contributed by atoms with van der Waals surface area (Å²) >= 11 is 0. The molecule has 0 aromatic carbocycles. The number of carboxylic acids is 1. The Bertz CT molecular complexity index is 404.